The maximum atomic E-state index is 4.77. The van der Waals surface area contributed by atoms with Gasteiger partial charge in [-0.3, -0.25) is 0 Å². The standard InChI is InChI=1S/C18H16N4S2/c1-10-12(3)24-18-16(10)17(19-9-20-18)23-8-15-11(2)21-13-6-4-5-7-14(13)22-15/h4-7,9H,8H2,1-3H3. The molecule has 4 nitrogen and oxygen atoms in total. The molecule has 24 heavy (non-hydrogen) atoms. The molecule has 0 radical (unpaired) electrons. The SMILES string of the molecule is Cc1nc2ccccc2nc1CSc1ncnc2sc(C)c(C)c12. The molecule has 0 N–H and O–H groups in total. The lowest BCUT2D eigenvalue weighted by molar-refractivity contribution is 1.07. The Balaban J connectivity index is 1.69. The highest BCUT2D eigenvalue weighted by atomic mass is 32.2. The number of thioether (sulfide) groups is 1. The van der Waals surface area contributed by atoms with Gasteiger partial charge in [-0.1, -0.05) is 23.9 Å². The van der Waals surface area contributed by atoms with Crippen molar-refractivity contribution in [3.63, 3.8) is 0 Å². The van der Waals surface area contributed by atoms with Crippen molar-refractivity contribution in [1.29, 1.82) is 0 Å². The first-order chi connectivity index (χ1) is 11.6. The molecule has 0 amide bonds. The van der Waals surface area contributed by atoms with Gasteiger partial charge in [0.25, 0.3) is 0 Å². The molecular weight excluding hydrogens is 336 g/mol. The van der Waals surface area contributed by atoms with Crippen LogP contribution in [-0.4, -0.2) is 19.9 Å². The van der Waals surface area contributed by atoms with Crippen LogP contribution >= 0.6 is 23.1 Å². The van der Waals surface area contributed by atoms with Gasteiger partial charge in [0.15, 0.2) is 0 Å². The Kier molecular flexibility index (Phi) is 3.94. The molecule has 0 spiro atoms. The summed E-state index contributed by atoms with van der Waals surface area (Å²) in [6, 6.07) is 7.99. The Morgan fingerprint density at radius 2 is 1.75 bits per heavy atom. The quantitative estimate of drug-likeness (QED) is 0.389. The number of nitrogens with zero attached hydrogens (tertiary/aromatic N) is 4. The number of hydrogen-bond donors (Lipinski definition) is 0. The third-order valence-electron chi connectivity index (χ3n) is 4.12. The number of thiophene rings is 1. The van der Waals surface area contributed by atoms with E-state index in [1.165, 1.54) is 15.8 Å². The van der Waals surface area contributed by atoms with Gasteiger partial charge in [-0.25, -0.2) is 19.9 Å². The second-order valence-electron chi connectivity index (χ2n) is 5.68. The summed E-state index contributed by atoms with van der Waals surface area (Å²) in [5, 5.41) is 2.20. The van der Waals surface area contributed by atoms with Crippen LogP contribution in [0.2, 0.25) is 0 Å². The third-order valence-corrected chi connectivity index (χ3v) is 6.24. The number of benzene rings is 1. The molecule has 0 fully saturated rings. The van der Waals surface area contributed by atoms with E-state index in [1.54, 1.807) is 29.4 Å². The molecule has 0 saturated heterocycles. The molecule has 0 aliphatic carbocycles. The van der Waals surface area contributed by atoms with Gasteiger partial charge in [0.1, 0.15) is 16.2 Å². The van der Waals surface area contributed by atoms with E-state index in [0.717, 1.165) is 38.0 Å². The van der Waals surface area contributed by atoms with Gasteiger partial charge in [0.2, 0.25) is 0 Å². The third kappa shape index (κ3) is 2.65. The average Bonchev–Trinajstić information content (AvgIpc) is 2.88. The minimum Gasteiger partial charge on any atom is -0.250 e. The van der Waals surface area contributed by atoms with Crippen LogP contribution in [0.4, 0.5) is 0 Å². The lowest BCUT2D eigenvalue weighted by Crippen LogP contribution is -1.97. The predicted molar refractivity (Wildman–Crippen MR) is 101 cm³/mol. The highest BCUT2D eigenvalue weighted by molar-refractivity contribution is 7.98. The number of hydrogen-bond acceptors (Lipinski definition) is 6. The van der Waals surface area contributed by atoms with Crippen LogP contribution in [0.15, 0.2) is 35.6 Å². The van der Waals surface area contributed by atoms with Crippen LogP contribution in [0.1, 0.15) is 21.8 Å². The van der Waals surface area contributed by atoms with E-state index in [4.69, 9.17) is 4.98 Å². The van der Waals surface area contributed by atoms with Gasteiger partial charge in [0.05, 0.1) is 22.4 Å². The Morgan fingerprint density at radius 3 is 2.54 bits per heavy atom. The van der Waals surface area contributed by atoms with Gasteiger partial charge in [-0.15, -0.1) is 11.3 Å². The number of fused-ring (bicyclic) bond motifs is 2. The Bertz CT molecular complexity index is 1060. The van der Waals surface area contributed by atoms with E-state index in [0.29, 0.717) is 0 Å². The van der Waals surface area contributed by atoms with Crippen molar-refractivity contribution in [2.45, 2.75) is 31.6 Å². The largest absolute Gasteiger partial charge is 0.250 e. The molecule has 0 unspecified atom stereocenters. The number of para-hydroxylation sites is 2. The average molecular weight is 352 g/mol. The fraction of sp³-hybridized carbons (Fsp3) is 0.222. The summed E-state index contributed by atoms with van der Waals surface area (Å²) in [5.41, 5.74) is 5.14. The van der Waals surface area contributed by atoms with Gasteiger partial charge in [-0.05, 0) is 38.5 Å². The predicted octanol–water partition coefficient (Wildman–Crippen LogP) is 4.85. The van der Waals surface area contributed by atoms with Crippen LogP contribution in [0, 0.1) is 20.8 Å². The maximum Gasteiger partial charge on any atom is 0.128 e. The summed E-state index contributed by atoms with van der Waals surface area (Å²) in [6.07, 6.45) is 1.65. The summed E-state index contributed by atoms with van der Waals surface area (Å²) in [4.78, 5) is 20.7. The second-order valence-corrected chi connectivity index (χ2v) is 7.84. The van der Waals surface area contributed by atoms with E-state index in [9.17, 15) is 0 Å². The first kappa shape index (κ1) is 15.5. The minimum atomic E-state index is 0.754. The Morgan fingerprint density at radius 1 is 1.00 bits per heavy atom. The lowest BCUT2D eigenvalue weighted by atomic mass is 10.2. The first-order valence-corrected chi connectivity index (χ1v) is 9.49. The molecule has 0 atom stereocenters. The second kappa shape index (κ2) is 6.11. The molecular formula is C18H16N4S2. The molecule has 0 aliphatic heterocycles. The van der Waals surface area contributed by atoms with Crippen LogP contribution in [-0.2, 0) is 5.75 Å². The summed E-state index contributed by atoms with van der Waals surface area (Å²) in [6.45, 7) is 6.29. The van der Waals surface area contributed by atoms with E-state index in [-0.39, 0.29) is 0 Å². The van der Waals surface area contributed by atoms with Crippen LogP contribution in [0.25, 0.3) is 21.3 Å². The van der Waals surface area contributed by atoms with E-state index < -0.39 is 0 Å². The lowest BCUT2D eigenvalue weighted by Gasteiger charge is -2.07. The molecule has 6 heteroatoms. The minimum absolute atomic E-state index is 0.754. The zero-order valence-corrected chi connectivity index (χ0v) is 15.3. The summed E-state index contributed by atoms with van der Waals surface area (Å²) >= 11 is 3.43. The normalized spacial score (nSPS) is 11.5. The molecule has 1 aromatic carbocycles. The monoisotopic (exact) mass is 352 g/mol. The molecule has 4 aromatic rings. The van der Waals surface area contributed by atoms with Crippen LogP contribution in [0.5, 0.6) is 0 Å². The van der Waals surface area contributed by atoms with Crippen molar-refractivity contribution < 1.29 is 0 Å². The molecule has 120 valence electrons. The smallest absolute Gasteiger partial charge is 0.128 e. The molecule has 3 aromatic heterocycles. The molecule has 0 aliphatic rings. The van der Waals surface area contributed by atoms with Crippen molar-refractivity contribution >= 4 is 44.3 Å². The van der Waals surface area contributed by atoms with E-state index in [1.807, 2.05) is 31.2 Å². The van der Waals surface area contributed by atoms with Gasteiger partial charge in [-0.2, -0.15) is 0 Å². The maximum absolute atomic E-state index is 4.77. The highest BCUT2D eigenvalue weighted by Crippen LogP contribution is 2.35. The number of aromatic nitrogens is 4. The van der Waals surface area contributed by atoms with Crippen molar-refractivity contribution in [3.05, 3.63) is 52.4 Å². The van der Waals surface area contributed by atoms with Crippen molar-refractivity contribution in [2.75, 3.05) is 0 Å². The zero-order chi connectivity index (χ0) is 16.7. The molecule has 0 bridgehead atoms. The Hall–Kier alpha value is -2.05. The summed E-state index contributed by atoms with van der Waals surface area (Å²) < 4.78 is 0. The Labute approximate surface area is 148 Å². The fourth-order valence-electron chi connectivity index (χ4n) is 2.66. The topological polar surface area (TPSA) is 51.6 Å². The van der Waals surface area contributed by atoms with Crippen molar-refractivity contribution in [2.24, 2.45) is 0 Å². The van der Waals surface area contributed by atoms with Crippen molar-refractivity contribution in [3.8, 4) is 0 Å². The highest BCUT2D eigenvalue weighted by Gasteiger charge is 2.13. The van der Waals surface area contributed by atoms with E-state index in [2.05, 4.69) is 28.8 Å². The van der Waals surface area contributed by atoms with Crippen molar-refractivity contribution in [1.82, 2.24) is 19.9 Å². The molecule has 3 heterocycles. The summed E-state index contributed by atoms with van der Waals surface area (Å²) in [5.74, 6) is 0.754. The number of aryl methyl sites for hydroxylation is 3. The van der Waals surface area contributed by atoms with E-state index >= 15 is 0 Å². The van der Waals surface area contributed by atoms with Crippen LogP contribution in [0.3, 0.4) is 0 Å². The van der Waals surface area contributed by atoms with Gasteiger partial charge in [0, 0.05) is 16.0 Å². The molecule has 4 rings (SSSR count). The van der Waals surface area contributed by atoms with Crippen LogP contribution < -0.4 is 0 Å². The fourth-order valence-corrected chi connectivity index (χ4v) is 4.78. The summed E-state index contributed by atoms with van der Waals surface area (Å²) in [7, 11) is 0. The zero-order valence-electron chi connectivity index (χ0n) is 13.7. The first-order valence-electron chi connectivity index (χ1n) is 7.69. The molecule has 0 saturated carbocycles. The van der Waals surface area contributed by atoms with Gasteiger partial charge >= 0.3 is 0 Å². The van der Waals surface area contributed by atoms with Gasteiger partial charge < -0.3 is 0 Å². The number of rotatable bonds is 3.